The number of hydrogen-bond acceptors (Lipinski definition) is 8. The van der Waals surface area contributed by atoms with Crippen molar-refractivity contribution in [3.8, 4) is 0 Å². The number of dihydropyridines is 1. The summed E-state index contributed by atoms with van der Waals surface area (Å²) >= 11 is 0. The van der Waals surface area contributed by atoms with Gasteiger partial charge in [0.25, 0.3) is 11.6 Å². The Bertz CT molecular complexity index is 954. The van der Waals surface area contributed by atoms with E-state index in [9.17, 15) is 24.5 Å². The van der Waals surface area contributed by atoms with Crippen molar-refractivity contribution in [2.24, 2.45) is 0 Å². The van der Waals surface area contributed by atoms with Crippen molar-refractivity contribution in [3.05, 3.63) is 62.0 Å². The fourth-order valence-electron chi connectivity index (χ4n) is 3.39. The maximum atomic E-state index is 12.5. The van der Waals surface area contributed by atoms with Crippen molar-refractivity contribution in [3.63, 3.8) is 0 Å². The van der Waals surface area contributed by atoms with E-state index in [0.717, 1.165) is 0 Å². The van der Waals surface area contributed by atoms with Gasteiger partial charge in [-0.3, -0.25) is 14.9 Å². The number of nitro groups is 1. The predicted octanol–water partition coefficient (Wildman–Crippen LogP) is 1.88. The van der Waals surface area contributed by atoms with Crippen LogP contribution in [0.3, 0.4) is 0 Å². The van der Waals surface area contributed by atoms with Crippen LogP contribution in [0.25, 0.3) is 0 Å². The van der Waals surface area contributed by atoms with Crippen LogP contribution < -0.4 is 5.32 Å². The Morgan fingerprint density at radius 3 is 1.93 bits per heavy atom. The zero-order chi connectivity index (χ0) is 22.7. The van der Waals surface area contributed by atoms with E-state index in [4.69, 9.17) is 9.47 Å². The number of hydrogen-bond donors (Lipinski definition) is 1. The number of allylic oxidation sites excluding steroid dienone is 2. The first-order chi connectivity index (χ1) is 14.0. The summed E-state index contributed by atoms with van der Waals surface area (Å²) < 4.78 is 9.75. The van der Waals surface area contributed by atoms with E-state index in [1.165, 1.54) is 51.4 Å². The van der Waals surface area contributed by atoms with Gasteiger partial charge in [0.15, 0.2) is 0 Å². The highest BCUT2D eigenvalue weighted by Crippen LogP contribution is 2.40. The molecule has 1 heterocycles. The number of benzene rings is 1. The van der Waals surface area contributed by atoms with Gasteiger partial charge in [0, 0.05) is 31.6 Å². The van der Waals surface area contributed by atoms with E-state index in [0.29, 0.717) is 11.4 Å². The summed E-state index contributed by atoms with van der Waals surface area (Å²) in [5.74, 6) is -2.92. The molecule has 0 aliphatic carbocycles. The molecule has 0 bridgehead atoms. The van der Waals surface area contributed by atoms with Gasteiger partial charge in [-0.2, -0.15) is 0 Å². The van der Waals surface area contributed by atoms with Crippen LogP contribution in [0, 0.1) is 10.1 Å². The second-order valence-electron chi connectivity index (χ2n) is 6.85. The number of nitrogens with one attached hydrogen (secondary N) is 1. The van der Waals surface area contributed by atoms with Gasteiger partial charge in [-0.25, -0.2) is 9.59 Å². The zero-order valence-electron chi connectivity index (χ0n) is 17.6. The molecule has 0 radical (unpaired) electrons. The summed E-state index contributed by atoms with van der Waals surface area (Å²) in [6.45, 7) is 3.27. The molecular weight excluding hydrogens is 394 g/mol. The van der Waals surface area contributed by atoms with Crippen molar-refractivity contribution in [1.82, 2.24) is 10.2 Å². The summed E-state index contributed by atoms with van der Waals surface area (Å²) in [7, 11) is 5.36. The molecule has 1 aliphatic rings. The number of methoxy groups -OCH3 is 2. The summed E-state index contributed by atoms with van der Waals surface area (Å²) in [5, 5.41) is 14.6. The molecule has 2 rings (SSSR count). The number of nitrogens with zero attached hydrogens (tertiary/aromatic N) is 2. The van der Waals surface area contributed by atoms with Crippen molar-refractivity contribution >= 4 is 23.5 Å². The first-order valence-electron chi connectivity index (χ1n) is 8.90. The number of esters is 2. The molecule has 1 N–H and O–H groups in total. The number of amides is 1. The van der Waals surface area contributed by atoms with Gasteiger partial charge in [-0.05, 0) is 25.5 Å². The van der Waals surface area contributed by atoms with Gasteiger partial charge in [0.05, 0.1) is 36.2 Å². The second kappa shape index (κ2) is 8.76. The molecule has 1 aromatic rings. The molecule has 1 aliphatic heterocycles. The molecule has 160 valence electrons. The number of ether oxygens (including phenoxy) is 2. The molecule has 0 aromatic heterocycles. The number of carbonyl (C=O) groups is 3. The van der Waals surface area contributed by atoms with Crippen molar-refractivity contribution < 1.29 is 28.8 Å². The lowest BCUT2D eigenvalue weighted by molar-refractivity contribution is -0.385. The van der Waals surface area contributed by atoms with Crippen LogP contribution in [0.4, 0.5) is 5.69 Å². The van der Waals surface area contributed by atoms with Gasteiger partial charge in [0.2, 0.25) is 0 Å². The highest BCUT2D eigenvalue weighted by Gasteiger charge is 2.38. The SMILES string of the molecule is COC(=O)C1=C(C)NC(C)=C(C(=O)OC)C1c1ccc(C(=O)N(C)C)c([N+](=O)[O-])c1. The molecule has 0 fully saturated rings. The Labute approximate surface area is 173 Å². The Balaban J connectivity index is 2.80. The molecule has 0 saturated heterocycles. The van der Waals surface area contributed by atoms with E-state index < -0.39 is 34.4 Å². The normalized spacial score (nSPS) is 14.2. The van der Waals surface area contributed by atoms with Crippen molar-refractivity contribution in [1.29, 1.82) is 0 Å². The van der Waals surface area contributed by atoms with Crippen LogP contribution in [0.2, 0.25) is 0 Å². The first kappa shape index (κ1) is 22.6. The number of carbonyl (C=O) groups excluding carboxylic acids is 3. The summed E-state index contributed by atoms with van der Waals surface area (Å²) in [6, 6.07) is 3.98. The van der Waals surface area contributed by atoms with E-state index in [1.807, 2.05) is 0 Å². The molecule has 0 atom stereocenters. The lowest BCUT2D eigenvalue weighted by atomic mass is 9.80. The smallest absolute Gasteiger partial charge is 0.336 e. The minimum Gasteiger partial charge on any atom is -0.466 e. The monoisotopic (exact) mass is 417 g/mol. The molecule has 10 nitrogen and oxygen atoms in total. The van der Waals surface area contributed by atoms with E-state index in [2.05, 4.69) is 5.32 Å². The standard InChI is InChI=1S/C20H23N3O7/c1-10-15(19(25)29-5)17(16(11(2)21-10)20(26)30-6)12-7-8-13(18(24)22(3)4)14(9-12)23(27)28/h7-9,17,21H,1-6H3. The Morgan fingerprint density at radius 1 is 1.03 bits per heavy atom. The minimum atomic E-state index is -0.978. The quantitative estimate of drug-likeness (QED) is 0.437. The van der Waals surface area contributed by atoms with Crippen molar-refractivity contribution in [2.75, 3.05) is 28.3 Å². The Morgan fingerprint density at radius 2 is 1.53 bits per heavy atom. The lowest BCUT2D eigenvalue weighted by Crippen LogP contribution is -2.32. The third kappa shape index (κ3) is 4.02. The average molecular weight is 417 g/mol. The molecule has 0 saturated carbocycles. The lowest BCUT2D eigenvalue weighted by Gasteiger charge is -2.30. The maximum absolute atomic E-state index is 12.5. The highest BCUT2D eigenvalue weighted by molar-refractivity contribution is 6.01. The topological polar surface area (TPSA) is 128 Å². The van der Waals surface area contributed by atoms with Gasteiger partial charge in [-0.15, -0.1) is 0 Å². The van der Waals surface area contributed by atoms with Crippen LogP contribution in [-0.2, 0) is 19.1 Å². The van der Waals surface area contributed by atoms with Crippen LogP contribution in [0.5, 0.6) is 0 Å². The largest absolute Gasteiger partial charge is 0.466 e. The van der Waals surface area contributed by atoms with Crippen LogP contribution in [-0.4, -0.2) is 56.0 Å². The Kier molecular flexibility index (Phi) is 6.60. The molecule has 0 spiro atoms. The average Bonchev–Trinajstić information content (AvgIpc) is 2.70. The Hall–Kier alpha value is -3.69. The van der Waals surface area contributed by atoms with E-state index >= 15 is 0 Å². The third-order valence-electron chi connectivity index (χ3n) is 4.76. The van der Waals surface area contributed by atoms with Gasteiger partial charge < -0.3 is 19.7 Å². The maximum Gasteiger partial charge on any atom is 0.336 e. The molecule has 0 unspecified atom stereocenters. The summed E-state index contributed by atoms with van der Waals surface area (Å²) in [4.78, 5) is 49.6. The second-order valence-corrected chi connectivity index (χ2v) is 6.85. The molecule has 30 heavy (non-hydrogen) atoms. The predicted molar refractivity (Wildman–Crippen MR) is 106 cm³/mol. The highest BCUT2D eigenvalue weighted by atomic mass is 16.6. The molecule has 10 heteroatoms. The van der Waals surface area contributed by atoms with Crippen molar-refractivity contribution in [2.45, 2.75) is 19.8 Å². The van der Waals surface area contributed by atoms with E-state index in [-0.39, 0.29) is 22.3 Å². The minimum absolute atomic E-state index is 0.108. The number of nitro benzene ring substituents is 1. The van der Waals surface area contributed by atoms with Gasteiger partial charge in [0.1, 0.15) is 5.56 Å². The third-order valence-corrected chi connectivity index (χ3v) is 4.76. The van der Waals surface area contributed by atoms with Gasteiger partial charge in [-0.1, -0.05) is 6.07 Å². The zero-order valence-corrected chi connectivity index (χ0v) is 17.6. The van der Waals surface area contributed by atoms with Crippen LogP contribution >= 0.6 is 0 Å². The van der Waals surface area contributed by atoms with Gasteiger partial charge >= 0.3 is 11.9 Å². The fourth-order valence-corrected chi connectivity index (χ4v) is 3.39. The molecule has 1 amide bonds. The molecular formula is C20H23N3O7. The summed E-state index contributed by atoms with van der Waals surface area (Å²) in [6.07, 6.45) is 0. The summed E-state index contributed by atoms with van der Waals surface area (Å²) in [5.41, 5.74) is 0.838. The van der Waals surface area contributed by atoms with Crippen LogP contribution in [0.1, 0.15) is 35.7 Å². The molecule has 1 aromatic carbocycles. The number of rotatable bonds is 5. The van der Waals surface area contributed by atoms with Crippen LogP contribution in [0.15, 0.2) is 40.7 Å². The van der Waals surface area contributed by atoms with E-state index in [1.54, 1.807) is 13.8 Å². The fraction of sp³-hybridized carbons (Fsp3) is 0.350. The first-order valence-corrected chi connectivity index (χ1v) is 8.90.